The minimum atomic E-state index is -0.669. The number of likely N-dealkylation sites (tertiary alicyclic amines) is 2. The van der Waals surface area contributed by atoms with E-state index < -0.39 is 7.92 Å². The molecule has 0 aliphatic carbocycles. The summed E-state index contributed by atoms with van der Waals surface area (Å²) in [6.45, 7) is 2.33. The van der Waals surface area contributed by atoms with Crippen molar-refractivity contribution in [1.82, 2.24) is 19.8 Å². The molecule has 39 heavy (non-hydrogen) atoms. The highest BCUT2D eigenvalue weighted by Crippen LogP contribution is 2.39. The van der Waals surface area contributed by atoms with Crippen LogP contribution in [0, 0.1) is 0 Å². The Morgan fingerprint density at radius 3 is 1.77 bits per heavy atom. The molecule has 0 radical (unpaired) electrons. The summed E-state index contributed by atoms with van der Waals surface area (Å²) in [5.74, 6) is 0. The number of hydrogen-bond acceptors (Lipinski definition) is 4. The van der Waals surface area contributed by atoms with Gasteiger partial charge in [-0.15, -0.1) is 0 Å². The van der Waals surface area contributed by atoms with Gasteiger partial charge in [0.15, 0.2) is 0 Å². The Balaban J connectivity index is 0.000000198. The molecular weight excluding hydrogens is 542 g/mol. The molecule has 0 amide bonds. The SMILES string of the molecule is CN1CCC[C@H]1c1ccc(Cl)nc1.CN1CCC[C@H]1c1cnc(Cl)cc1P(c1ccccc1)c1ccccc1. The molecule has 2 aliphatic heterocycles. The predicted molar refractivity (Wildman–Crippen MR) is 166 cm³/mol. The first-order chi connectivity index (χ1) is 19.0. The number of rotatable bonds is 5. The first kappa shape index (κ1) is 28.2. The van der Waals surface area contributed by atoms with Gasteiger partial charge < -0.3 is 0 Å². The van der Waals surface area contributed by atoms with Crippen LogP contribution in [0.1, 0.15) is 48.9 Å². The van der Waals surface area contributed by atoms with Crippen LogP contribution >= 0.6 is 31.1 Å². The van der Waals surface area contributed by atoms with Gasteiger partial charge in [0.2, 0.25) is 0 Å². The average Bonchev–Trinajstić information content (AvgIpc) is 3.59. The molecule has 4 heterocycles. The van der Waals surface area contributed by atoms with Crippen LogP contribution in [0.2, 0.25) is 10.3 Å². The Bertz CT molecular complexity index is 1300. The monoisotopic (exact) mass is 576 g/mol. The summed E-state index contributed by atoms with van der Waals surface area (Å²) in [4.78, 5) is 13.3. The van der Waals surface area contributed by atoms with E-state index in [0.717, 1.165) is 6.54 Å². The fourth-order valence-corrected chi connectivity index (χ4v) is 8.54. The Labute approximate surface area is 243 Å². The molecule has 2 saturated heterocycles. The summed E-state index contributed by atoms with van der Waals surface area (Å²) in [7, 11) is 3.70. The summed E-state index contributed by atoms with van der Waals surface area (Å²) in [6, 6.07) is 28.6. The lowest BCUT2D eigenvalue weighted by Gasteiger charge is -2.27. The van der Waals surface area contributed by atoms with E-state index in [1.165, 1.54) is 59.3 Å². The lowest BCUT2D eigenvalue weighted by atomic mass is 10.1. The van der Waals surface area contributed by atoms with Crippen LogP contribution in [0.3, 0.4) is 0 Å². The molecule has 4 nitrogen and oxygen atoms in total. The van der Waals surface area contributed by atoms with Crippen LogP contribution in [0.15, 0.2) is 91.3 Å². The number of pyridine rings is 2. The molecule has 2 atom stereocenters. The van der Waals surface area contributed by atoms with E-state index in [2.05, 4.69) is 107 Å². The summed E-state index contributed by atoms with van der Waals surface area (Å²) in [5, 5.41) is 5.17. The van der Waals surface area contributed by atoms with Crippen molar-refractivity contribution in [3.63, 3.8) is 0 Å². The molecule has 0 unspecified atom stereocenters. The van der Waals surface area contributed by atoms with Crippen LogP contribution < -0.4 is 15.9 Å². The molecule has 0 N–H and O–H groups in total. The minimum Gasteiger partial charge on any atom is -0.299 e. The van der Waals surface area contributed by atoms with Gasteiger partial charge in [0.25, 0.3) is 0 Å². The van der Waals surface area contributed by atoms with Gasteiger partial charge in [0.1, 0.15) is 10.3 Å². The van der Waals surface area contributed by atoms with Gasteiger partial charge in [0.05, 0.1) is 0 Å². The smallest absolute Gasteiger partial charge is 0.129 e. The zero-order chi connectivity index (χ0) is 27.2. The molecule has 0 saturated carbocycles. The maximum atomic E-state index is 6.36. The molecule has 2 aromatic carbocycles. The first-order valence-corrected chi connectivity index (χ1v) is 15.7. The fourth-order valence-electron chi connectivity index (χ4n) is 5.68. The van der Waals surface area contributed by atoms with Crippen LogP contribution in [0.25, 0.3) is 0 Å². The van der Waals surface area contributed by atoms with Crippen LogP contribution in [0.4, 0.5) is 0 Å². The van der Waals surface area contributed by atoms with Crippen molar-refractivity contribution in [2.75, 3.05) is 27.2 Å². The Kier molecular flexibility index (Phi) is 9.66. The summed E-state index contributed by atoms with van der Waals surface area (Å²) in [6.07, 6.45) is 8.82. The zero-order valence-corrected chi connectivity index (χ0v) is 25.0. The lowest BCUT2D eigenvalue weighted by Crippen LogP contribution is -2.28. The highest BCUT2D eigenvalue weighted by molar-refractivity contribution is 7.79. The number of benzene rings is 2. The van der Waals surface area contributed by atoms with E-state index in [1.807, 2.05) is 18.5 Å². The van der Waals surface area contributed by atoms with E-state index in [0.29, 0.717) is 22.4 Å². The van der Waals surface area contributed by atoms with Crippen molar-refractivity contribution in [1.29, 1.82) is 0 Å². The van der Waals surface area contributed by atoms with Crippen molar-refractivity contribution in [2.45, 2.75) is 37.8 Å². The van der Waals surface area contributed by atoms with E-state index in [1.54, 1.807) is 0 Å². The quantitative estimate of drug-likeness (QED) is 0.194. The molecule has 7 heteroatoms. The van der Waals surface area contributed by atoms with E-state index in [-0.39, 0.29) is 0 Å². The van der Waals surface area contributed by atoms with Gasteiger partial charge >= 0.3 is 0 Å². The number of hydrogen-bond donors (Lipinski definition) is 0. The molecule has 6 rings (SSSR count). The van der Waals surface area contributed by atoms with Gasteiger partial charge in [-0.1, -0.05) is 89.9 Å². The third-order valence-corrected chi connectivity index (χ3v) is 10.6. The summed E-state index contributed by atoms with van der Waals surface area (Å²) < 4.78 is 0. The molecule has 0 spiro atoms. The van der Waals surface area contributed by atoms with Gasteiger partial charge in [-0.05, 0) is 100.0 Å². The normalized spacial score (nSPS) is 19.7. The highest BCUT2D eigenvalue weighted by Gasteiger charge is 2.29. The molecule has 2 fully saturated rings. The van der Waals surface area contributed by atoms with E-state index in [4.69, 9.17) is 23.2 Å². The molecule has 202 valence electrons. The largest absolute Gasteiger partial charge is 0.299 e. The number of aromatic nitrogens is 2. The molecule has 2 aliphatic rings. The Morgan fingerprint density at radius 2 is 1.26 bits per heavy atom. The number of halogens is 2. The summed E-state index contributed by atoms with van der Waals surface area (Å²) in [5.41, 5.74) is 2.61. The average molecular weight is 578 g/mol. The van der Waals surface area contributed by atoms with Crippen molar-refractivity contribution < 1.29 is 0 Å². The topological polar surface area (TPSA) is 32.3 Å². The number of nitrogens with zero attached hydrogens (tertiary/aromatic N) is 4. The van der Waals surface area contributed by atoms with E-state index in [9.17, 15) is 0 Å². The summed E-state index contributed by atoms with van der Waals surface area (Å²) >= 11 is 12.1. The third kappa shape index (κ3) is 6.88. The second-order valence-corrected chi connectivity index (χ2v) is 13.2. The third-order valence-electron chi connectivity index (χ3n) is 7.68. The second kappa shape index (κ2) is 13.4. The second-order valence-electron chi connectivity index (χ2n) is 10.3. The van der Waals surface area contributed by atoms with Gasteiger partial charge in [-0.3, -0.25) is 9.80 Å². The van der Waals surface area contributed by atoms with Crippen LogP contribution in [-0.2, 0) is 0 Å². The predicted octanol–water partition coefficient (Wildman–Crippen LogP) is 6.76. The fraction of sp³-hybridized carbons (Fsp3) is 0.312. The standard InChI is InChI=1S/C22H22ClN2P.C10H13ClN2/c1-25-14-8-13-20(25)19-16-24-22(23)15-21(19)26(17-9-4-2-5-10-17)18-11-6-3-7-12-18;1-13-6-2-3-9(13)8-4-5-10(11)12-7-8/h2-7,9-12,15-16,20H,8,13-14H2,1H3;4-5,7,9H,2-3,6H2,1H3/t20-;9-/m00/s1. The Hall–Kier alpha value is -2.33. The van der Waals surface area contributed by atoms with Crippen molar-refractivity contribution >= 4 is 47.0 Å². The van der Waals surface area contributed by atoms with E-state index >= 15 is 0 Å². The zero-order valence-electron chi connectivity index (χ0n) is 22.5. The maximum Gasteiger partial charge on any atom is 0.129 e. The maximum absolute atomic E-state index is 6.36. The lowest BCUT2D eigenvalue weighted by molar-refractivity contribution is 0.317. The van der Waals surface area contributed by atoms with Crippen molar-refractivity contribution in [2.24, 2.45) is 0 Å². The van der Waals surface area contributed by atoms with Gasteiger partial charge in [0, 0.05) is 24.5 Å². The Morgan fingerprint density at radius 1 is 0.692 bits per heavy atom. The minimum absolute atomic E-state index is 0.423. The highest BCUT2D eigenvalue weighted by atomic mass is 35.5. The van der Waals surface area contributed by atoms with Crippen molar-refractivity contribution in [3.05, 3.63) is 113 Å². The molecule has 2 aromatic heterocycles. The molecular formula is C32H35Cl2N4P. The van der Waals surface area contributed by atoms with Gasteiger partial charge in [-0.25, -0.2) is 9.97 Å². The molecule has 4 aromatic rings. The van der Waals surface area contributed by atoms with Crippen LogP contribution in [0.5, 0.6) is 0 Å². The molecule has 0 bridgehead atoms. The first-order valence-electron chi connectivity index (χ1n) is 13.6. The van der Waals surface area contributed by atoms with Gasteiger partial charge in [-0.2, -0.15) is 0 Å². The van der Waals surface area contributed by atoms with Crippen LogP contribution in [-0.4, -0.2) is 47.0 Å². The van der Waals surface area contributed by atoms with Crippen molar-refractivity contribution in [3.8, 4) is 0 Å².